The van der Waals surface area contributed by atoms with Crippen molar-refractivity contribution in [3.8, 4) is 0 Å². The highest BCUT2D eigenvalue weighted by Crippen LogP contribution is 2.25. The van der Waals surface area contributed by atoms with E-state index in [0.29, 0.717) is 0 Å². The average molecular weight is 222 g/mol. The van der Waals surface area contributed by atoms with E-state index >= 15 is 0 Å². The van der Waals surface area contributed by atoms with Crippen LogP contribution in [0.1, 0.15) is 39.0 Å². The summed E-state index contributed by atoms with van der Waals surface area (Å²) < 4.78 is 0. The van der Waals surface area contributed by atoms with Crippen LogP contribution in [0.3, 0.4) is 0 Å². The summed E-state index contributed by atoms with van der Waals surface area (Å²) in [7, 11) is 0. The number of rotatable bonds is 1. The van der Waals surface area contributed by atoms with Gasteiger partial charge >= 0.3 is 0 Å². The first kappa shape index (κ1) is 11.6. The molecule has 0 bridgehead atoms. The topological polar surface area (TPSA) is 46.3 Å². The zero-order chi connectivity index (χ0) is 11.5. The molecule has 1 amide bonds. The van der Waals surface area contributed by atoms with E-state index in [1.165, 1.54) is 12.0 Å². The summed E-state index contributed by atoms with van der Waals surface area (Å²) in [6, 6.07) is 0.0910. The summed E-state index contributed by atoms with van der Waals surface area (Å²) in [6.07, 6.45) is 7.53. The fourth-order valence-electron chi connectivity index (χ4n) is 2.67. The third-order valence-electron chi connectivity index (χ3n) is 3.88. The van der Waals surface area contributed by atoms with Crippen molar-refractivity contribution in [2.24, 2.45) is 11.7 Å². The summed E-state index contributed by atoms with van der Waals surface area (Å²) in [5.41, 5.74) is 7.45. The molecule has 0 aromatic heterocycles. The summed E-state index contributed by atoms with van der Waals surface area (Å²) in [4.78, 5) is 14.3. The molecule has 2 unspecified atom stereocenters. The number of carbonyl (C=O) groups is 1. The first-order valence-corrected chi connectivity index (χ1v) is 6.38. The van der Waals surface area contributed by atoms with Gasteiger partial charge in [-0.3, -0.25) is 4.79 Å². The van der Waals surface area contributed by atoms with Crippen LogP contribution in [-0.2, 0) is 4.79 Å². The van der Waals surface area contributed by atoms with E-state index in [0.717, 1.165) is 38.8 Å². The molecule has 2 aliphatic rings. The van der Waals surface area contributed by atoms with Gasteiger partial charge in [-0.15, -0.1) is 0 Å². The van der Waals surface area contributed by atoms with Crippen molar-refractivity contribution in [1.82, 2.24) is 4.90 Å². The molecular weight excluding hydrogens is 200 g/mol. The van der Waals surface area contributed by atoms with Crippen LogP contribution in [0, 0.1) is 5.92 Å². The third kappa shape index (κ3) is 2.46. The predicted molar refractivity (Wildman–Crippen MR) is 64.9 cm³/mol. The largest absolute Gasteiger partial charge is 0.338 e. The lowest BCUT2D eigenvalue weighted by Gasteiger charge is -2.34. The normalized spacial score (nSPS) is 31.1. The molecule has 3 nitrogen and oxygen atoms in total. The highest BCUT2D eigenvalue weighted by Gasteiger charge is 2.31. The molecule has 0 radical (unpaired) electrons. The number of carbonyl (C=O) groups excluding carboxylic acids is 1. The average Bonchev–Trinajstić information content (AvgIpc) is 2.30. The Morgan fingerprint density at radius 3 is 2.81 bits per heavy atom. The number of amides is 1. The smallest absolute Gasteiger partial charge is 0.227 e. The Balaban J connectivity index is 1.96. The molecule has 1 saturated carbocycles. The van der Waals surface area contributed by atoms with E-state index in [4.69, 9.17) is 5.73 Å². The molecule has 0 saturated heterocycles. The first-order valence-electron chi connectivity index (χ1n) is 6.38. The quantitative estimate of drug-likeness (QED) is 0.686. The minimum atomic E-state index is 0.0838. The summed E-state index contributed by atoms with van der Waals surface area (Å²) in [5.74, 6) is 0.372. The third-order valence-corrected chi connectivity index (χ3v) is 3.88. The second-order valence-electron chi connectivity index (χ2n) is 5.14. The lowest BCUT2D eigenvalue weighted by atomic mass is 9.84. The van der Waals surface area contributed by atoms with Gasteiger partial charge in [0.15, 0.2) is 0 Å². The van der Waals surface area contributed by atoms with Gasteiger partial charge in [-0.05, 0) is 26.2 Å². The van der Waals surface area contributed by atoms with E-state index in [-0.39, 0.29) is 17.9 Å². The Hall–Kier alpha value is -0.830. The van der Waals surface area contributed by atoms with Crippen LogP contribution in [0.15, 0.2) is 11.6 Å². The minimum Gasteiger partial charge on any atom is -0.338 e. The lowest BCUT2D eigenvalue weighted by Crippen LogP contribution is -2.46. The Bertz CT molecular complexity index is 298. The van der Waals surface area contributed by atoms with Crippen LogP contribution < -0.4 is 5.73 Å². The van der Waals surface area contributed by atoms with Crippen LogP contribution in [0.5, 0.6) is 0 Å². The number of hydrogen-bond acceptors (Lipinski definition) is 2. The zero-order valence-corrected chi connectivity index (χ0v) is 10.1. The molecule has 2 N–H and O–H groups in total. The van der Waals surface area contributed by atoms with E-state index < -0.39 is 0 Å². The monoisotopic (exact) mass is 222 g/mol. The van der Waals surface area contributed by atoms with Crippen LogP contribution in [0.25, 0.3) is 0 Å². The number of nitrogens with zero attached hydrogens (tertiary/aromatic N) is 1. The van der Waals surface area contributed by atoms with Crippen molar-refractivity contribution in [2.75, 3.05) is 13.1 Å². The molecule has 1 aliphatic carbocycles. The maximum Gasteiger partial charge on any atom is 0.227 e. The van der Waals surface area contributed by atoms with Crippen molar-refractivity contribution in [2.45, 2.75) is 45.1 Å². The van der Waals surface area contributed by atoms with Gasteiger partial charge in [0, 0.05) is 19.1 Å². The minimum absolute atomic E-state index is 0.0838. The molecule has 1 fully saturated rings. The van der Waals surface area contributed by atoms with Gasteiger partial charge < -0.3 is 10.6 Å². The first-order chi connectivity index (χ1) is 7.68. The van der Waals surface area contributed by atoms with Gasteiger partial charge in [-0.1, -0.05) is 24.5 Å². The fourth-order valence-corrected chi connectivity index (χ4v) is 2.67. The molecule has 3 heteroatoms. The second kappa shape index (κ2) is 5.00. The van der Waals surface area contributed by atoms with Crippen molar-refractivity contribution >= 4 is 5.91 Å². The Labute approximate surface area is 97.7 Å². The maximum absolute atomic E-state index is 12.3. The van der Waals surface area contributed by atoms with E-state index in [1.54, 1.807) is 0 Å². The van der Waals surface area contributed by atoms with Crippen LogP contribution in [0.2, 0.25) is 0 Å². The summed E-state index contributed by atoms with van der Waals surface area (Å²) in [5, 5.41) is 0. The van der Waals surface area contributed by atoms with Crippen molar-refractivity contribution in [1.29, 1.82) is 0 Å². The van der Waals surface area contributed by atoms with Gasteiger partial charge in [0.1, 0.15) is 0 Å². The van der Waals surface area contributed by atoms with Gasteiger partial charge in [-0.25, -0.2) is 0 Å². The summed E-state index contributed by atoms with van der Waals surface area (Å²) in [6.45, 7) is 3.80. The lowest BCUT2D eigenvalue weighted by molar-refractivity contribution is -0.136. The Kier molecular flexibility index (Phi) is 3.64. The zero-order valence-electron chi connectivity index (χ0n) is 10.1. The highest BCUT2D eigenvalue weighted by atomic mass is 16.2. The predicted octanol–water partition coefficient (Wildman–Crippen LogP) is 1.68. The fraction of sp³-hybridized carbons (Fsp3) is 0.769. The van der Waals surface area contributed by atoms with Gasteiger partial charge in [0.25, 0.3) is 0 Å². The van der Waals surface area contributed by atoms with Crippen molar-refractivity contribution < 1.29 is 4.79 Å². The molecule has 1 aliphatic heterocycles. The van der Waals surface area contributed by atoms with Crippen LogP contribution in [0.4, 0.5) is 0 Å². The Morgan fingerprint density at radius 1 is 1.44 bits per heavy atom. The molecule has 16 heavy (non-hydrogen) atoms. The summed E-state index contributed by atoms with van der Waals surface area (Å²) >= 11 is 0. The number of hydrogen-bond donors (Lipinski definition) is 1. The molecule has 2 rings (SSSR count). The SMILES string of the molecule is CC1=CCN(C(=O)C2CCCCC2N)CC1. The van der Waals surface area contributed by atoms with E-state index in [1.807, 2.05) is 4.90 Å². The molecular formula is C13H22N2O. The van der Waals surface area contributed by atoms with E-state index in [2.05, 4.69) is 13.0 Å². The maximum atomic E-state index is 12.3. The number of nitrogens with two attached hydrogens (primary N) is 1. The molecule has 0 spiro atoms. The van der Waals surface area contributed by atoms with Gasteiger partial charge in [0.05, 0.1) is 5.92 Å². The Morgan fingerprint density at radius 2 is 2.19 bits per heavy atom. The van der Waals surface area contributed by atoms with E-state index in [9.17, 15) is 4.79 Å². The van der Waals surface area contributed by atoms with Crippen molar-refractivity contribution in [3.05, 3.63) is 11.6 Å². The molecule has 1 heterocycles. The van der Waals surface area contributed by atoms with Gasteiger partial charge in [-0.2, -0.15) is 0 Å². The second-order valence-corrected chi connectivity index (χ2v) is 5.14. The molecule has 90 valence electrons. The van der Waals surface area contributed by atoms with Gasteiger partial charge in [0.2, 0.25) is 5.91 Å². The van der Waals surface area contributed by atoms with Crippen LogP contribution >= 0.6 is 0 Å². The standard InChI is InChI=1S/C13H22N2O/c1-10-6-8-15(9-7-10)13(16)11-4-2-3-5-12(11)14/h6,11-12H,2-5,7-9,14H2,1H3. The molecule has 0 aromatic rings. The molecule has 2 atom stereocenters. The highest BCUT2D eigenvalue weighted by molar-refractivity contribution is 5.80. The molecule has 0 aromatic carbocycles. The van der Waals surface area contributed by atoms with Crippen molar-refractivity contribution in [3.63, 3.8) is 0 Å². The van der Waals surface area contributed by atoms with Crippen LogP contribution in [-0.4, -0.2) is 29.9 Å².